The zero-order valence-electron chi connectivity index (χ0n) is 14.1. The Hall–Kier alpha value is -2.10. The van der Waals surface area contributed by atoms with Crippen LogP contribution < -0.4 is 5.32 Å². The van der Waals surface area contributed by atoms with E-state index in [0.717, 1.165) is 22.4 Å². The minimum absolute atomic E-state index is 0.0222. The monoisotopic (exact) mass is 299 g/mol. The molecule has 1 heterocycles. The number of carbonyl (C=O) groups excluding carboxylic acids is 1. The third-order valence-corrected chi connectivity index (χ3v) is 3.53. The fourth-order valence-electron chi connectivity index (χ4n) is 2.34. The molecule has 0 aliphatic heterocycles. The number of para-hydroxylation sites is 2. The van der Waals surface area contributed by atoms with Crippen molar-refractivity contribution < 1.29 is 4.79 Å². The van der Waals surface area contributed by atoms with Crippen LogP contribution in [-0.2, 0) is 11.3 Å². The highest BCUT2D eigenvalue weighted by atomic mass is 16.2. The van der Waals surface area contributed by atoms with E-state index in [1.54, 1.807) is 0 Å². The molecule has 0 saturated carbocycles. The minimum Gasteiger partial charge on any atom is -0.346 e. The van der Waals surface area contributed by atoms with Crippen LogP contribution in [-0.4, -0.2) is 15.5 Å². The Morgan fingerprint density at radius 3 is 2.59 bits per heavy atom. The summed E-state index contributed by atoms with van der Waals surface area (Å²) >= 11 is 0. The molecule has 0 fully saturated rings. The average Bonchev–Trinajstić information content (AvgIpc) is 2.76. The Kier molecular flexibility index (Phi) is 4.40. The first kappa shape index (κ1) is 16.3. The van der Waals surface area contributed by atoms with E-state index in [9.17, 15) is 4.79 Å². The third-order valence-electron chi connectivity index (χ3n) is 3.53. The Bertz CT molecular complexity index is 707. The summed E-state index contributed by atoms with van der Waals surface area (Å²) in [7, 11) is 0. The van der Waals surface area contributed by atoms with Gasteiger partial charge in [0.25, 0.3) is 0 Å². The minimum atomic E-state index is -0.417. The molecule has 1 amide bonds. The van der Waals surface area contributed by atoms with Crippen LogP contribution in [0.25, 0.3) is 11.0 Å². The number of carbonyl (C=O) groups is 1. The largest absolute Gasteiger partial charge is 0.346 e. The van der Waals surface area contributed by atoms with Crippen molar-refractivity contribution in [1.82, 2.24) is 14.9 Å². The number of hydrogen-bond acceptors (Lipinski definition) is 2. The van der Waals surface area contributed by atoms with E-state index < -0.39 is 5.41 Å². The van der Waals surface area contributed by atoms with Gasteiger partial charge in [-0.3, -0.25) is 4.79 Å². The van der Waals surface area contributed by atoms with Gasteiger partial charge in [-0.25, -0.2) is 4.98 Å². The second-order valence-electron chi connectivity index (χ2n) is 6.95. The number of benzene rings is 1. The predicted octanol–water partition coefficient (Wildman–Crippen LogP) is 3.84. The molecule has 0 aliphatic carbocycles. The number of rotatable bonds is 4. The molecule has 1 N–H and O–H groups in total. The van der Waals surface area contributed by atoms with Crippen molar-refractivity contribution in [2.24, 2.45) is 5.41 Å². The molecule has 1 aromatic carbocycles. The normalized spacial score (nSPS) is 13.1. The number of fused-ring (bicyclic) bond motifs is 1. The standard InChI is InChI=1S/C18H25N3O/c1-12(2)11-21-15-10-8-7-9-14(15)20-16(21)13(3)19-17(22)18(4,5)6/h7-10,13H,1,11H2,2-6H3,(H,19,22). The molecular formula is C18H25N3O. The molecule has 2 rings (SSSR count). The quantitative estimate of drug-likeness (QED) is 0.872. The fraction of sp³-hybridized carbons (Fsp3) is 0.444. The summed E-state index contributed by atoms with van der Waals surface area (Å²) in [4.78, 5) is 16.9. The Balaban J connectivity index is 2.41. The molecule has 0 radical (unpaired) electrons. The van der Waals surface area contributed by atoms with Gasteiger partial charge < -0.3 is 9.88 Å². The van der Waals surface area contributed by atoms with Gasteiger partial charge in [0.05, 0.1) is 17.1 Å². The Morgan fingerprint density at radius 2 is 2.00 bits per heavy atom. The highest BCUT2D eigenvalue weighted by Gasteiger charge is 2.25. The molecule has 0 saturated heterocycles. The summed E-state index contributed by atoms with van der Waals surface area (Å²) in [5.41, 5.74) is 2.64. The average molecular weight is 299 g/mol. The summed E-state index contributed by atoms with van der Waals surface area (Å²) < 4.78 is 2.13. The number of imidazole rings is 1. The molecule has 4 heteroatoms. The second kappa shape index (κ2) is 5.95. The van der Waals surface area contributed by atoms with Crippen molar-refractivity contribution in [1.29, 1.82) is 0 Å². The Labute approximate surface area is 132 Å². The molecular weight excluding hydrogens is 274 g/mol. The van der Waals surface area contributed by atoms with E-state index in [-0.39, 0.29) is 11.9 Å². The molecule has 0 spiro atoms. The lowest BCUT2D eigenvalue weighted by Gasteiger charge is -2.22. The fourth-order valence-corrected chi connectivity index (χ4v) is 2.34. The van der Waals surface area contributed by atoms with Gasteiger partial charge >= 0.3 is 0 Å². The summed E-state index contributed by atoms with van der Waals surface area (Å²) in [6, 6.07) is 7.86. The van der Waals surface area contributed by atoms with Crippen molar-refractivity contribution in [2.75, 3.05) is 0 Å². The lowest BCUT2D eigenvalue weighted by molar-refractivity contribution is -0.129. The van der Waals surface area contributed by atoms with E-state index in [4.69, 9.17) is 4.98 Å². The van der Waals surface area contributed by atoms with E-state index >= 15 is 0 Å². The summed E-state index contributed by atoms with van der Waals surface area (Å²) in [5.74, 6) is 0.885. The van der Waals surface area contributed by atoms with E-state index in [0.29, 0.717) is 6.54 Å². The van der Waals surface area contributed by atoms with Gasteiger partial charge in [0, 0.05) is 12.0 Å². The molecule has 1 unspecified atom stereocenters. The summed E-state index contributed by atoms with van der Waals surface area (Å²) in [6.07, 6.45) is 0. The maximum atomic E-state index is 12.2. The molecule has 1 atom stereocenters. The number of amides is 1. The number of hydrogen-bond donors (Lipinski definition) is 1. The second-order valence-corrected chi connectivity index (χ2v) is 6.95. The van der Waals surface area contributed by atoms with Gasteiger partial charge in [-0.05, 0) is 26.0 Å². The highest BCUT2D eigenvalue weighted by molar-refractivity contribution is 5.82. The van der Waals surface area contributed by atoms with Crippen molar-refractivity contribution in [3.8, 4) is 0 Å². The van der Waals surface area contributed by atoms with Crippen molar-refractivity contribution >= 4 is 16.9 Å². The topological polar surface area (TPSA) is 46.9 Å². The molecule has 2 aromatic rings. The maximum absolute atomic E-state index is 12.2. The van der Waals surface area contributed by atoms with Gasteiger partial charge in [-0.15, -0.1) is 0 Å². The van der Waals surface area contributed by atoms with Gasteiger partial charge in [-0.1, -0.05) is 45.1 Å². The van der Waals surface area contributed by atoms with Gasteiger partial charge in [0.15, 0.2) is 0 Å². The molecule has 4 nitrogen and oxygen atoms in total. The van der Waals surface area contributed by atoms with Crippen molar-refractivity contribution in [3.05, 3.63) is 42.2 Å². The molecule has 1 aromatic heterocycles. The first-order chi connectivity index (χ1) is 10.2. The lowest BCUT2D eigenvalue weighted by atomic mass is 9.95. The number of nitrogens with zero attached hydrogens (tertiary/aromatic N) is 2. The van der Waals surface area contributed by atoms with E-state index in [1.165, 1.54) is 0 Å². The van der Waals surface area contributed by atoms with Crippen LogP contribution in [0, 0.1) is 5.41 Å². The molecule has 0 bridgehead atoms. The van der Waals surface area contributed by atoms with Crippen LogP contribution in [0.1, 0.15) is 46.5 Å². The van der Waals surface area contributed by atoms with Gasteiger partial charge in [0.2, 0.25) is 5.91 Å². The van der Waals surface area contributed by atoms with E-state index in [2.05, 4.69) is 16.5 Å². The van der Waals surface area contributed by atoms with Gasteiger partial charge in [-0.2, -0.15) is 0 Å². The SMILES string of the molecule is C=C(C)Cn1c(C(C)NC(=O)C(C)(C)C)nc2ccccc21. The predicted molar refractivity (Wildman–Crippen MR) is 90.6 cm³/mol. The Morgan fingerprint density at radius 1 is 1.36 bits per heavy atom. The number of allylic oxidation sites excluding steroid dienone is 1. The van der Waals surface area contributed by atoms with Crippen LogP contribution in [0.3, 0.4) is 0 Å². The first-order valence-corrected chi connectivity index (χ1v) is 7.60. The van der Waals surface area contributed by atoms with Crippen molar-refractivity contribution in [2.45, 2.75) is 47.2 Å². The molecule has 22 heavy (non-hydrogen) atoms. The van der Waals surface area contributed by atoms with Crippen LogP contribution in [0.15, 0.2) is 36.4 Å². The number of aromatic nitrogens is 2. The number of nitrogens with one attached hydrogen (secondary N) is 1. The van der Waals surface area contributed by atoms with E-state index in [1.807, 2.05) is 58.9 Å². The highest BCUT2D eigenvalue weighted by Crippen LogP contribution is 2.23. The van der Waals surface area contributed by atoms with Crippen LogP contribution in [0.2, 0.25) is 0 Å². The smallest absolute Gasteiger partial charge is 0.225 e. The first-order valence-electron chi connectivity index (χ1n) is 7.60. The summed E-state index contributed by atoms with van der Waals surface area (Å²) in [6.45, 7) is 14.4. The van der Waals surface area contributed by atoms with Crippen LogP contribution >= 0.6 is 0 Å². The molecule has 0 aliphatic rings. The van der Waals surface area contributed by atoms with Crippen LogP contribution in [0.4, 0.5) is 0 Å². The maximum Gasteiger partial charge on any atom is 0.225 e. The van der Waals surface area contributed by atoms with Gasteiger partial charge in [0.1, 0.15) is 5.82 Å². The van der Waals surface area contributed by atoms with Crippen LogP contribution in [0.5, 0.6) is 0 Å². The zero-order chi connectivity index (χ0) is 16.5. The zero-order valence-corrected chi connectivity index (χ0v) is 14.1. The summed E-state index contributed by atoms with van der Waals surface area (Å²) in [5, 5.41) is 3.06. The third kappa shape index (κ3) is 3.38. The molecule has 118 valence electrons. The van der Waals surface area contributed by atoms with Crippen molar-refractivity contribution in [3.63, 3.8) is 0 Å². The lowest BCUT2D eigenvalue weighted by Crippen LogP contribution is -2.37.